The van der Waals surface area contributed by atoms with E-state index in [1.807, 2.05) is 6.07 Å². The van der Waals surface area contributed by atoms with Gasteiger partial charge < -0.3 is 23.7 Å². The maximum Gasteiger partial charge on any atom is 0.340 e. The second-order valence-corrected chi connectivity index (χ2v) is 7.66. The van der Waals surface area contributed by atoms with Crippen LogP contribution in [0.3, 0.4) is 0 Å². The molecule has 9 nitrogen and oxygen atoms in total. The number of esters is 1. The summed E-state index contributed by atoms with van der Waals surface area (Å²) in [7, 11) is 6.12. The van der Waals surface area contributed by atoms with Crippen molar-refractivity contribution in [2.45, 2.75) is 6.92 Å². The molecule has 0 unspecified atom stereocenters. The Morgan fingerprint density at radius 2 is 1.56 bits per heavy atom. The second-order valence-electron chi connectivity index (χ2n) is 7.66. The Hall–Kier alpha value is -4.53. The van der Waals surface area contributed by atoms with Gasteiger partial charge in [0, 0.05) is 11.6 Å². The van der Waals surface area contributed by atoms with Crippen LogP contribution < -0.4 is 18.9 Å². The van der Waals surface area contributed by atoms with Crippen LogP contribution in [0.4, 0.5) is 0 Å². The van der Waals surface area contributed by atoms with Gasteiger partial charge in [0.15, 0.2) is 11.5 Å². The van der Waals surface area contributed by atoms with Gasteiger partial charge in [-0.15, -0.1) is 0 Å². The first kappa shape index (κ1) is 24.6. The van der Waals surface area contributed by atoms with Gasteiger partial charge in [-0.05, 0) is 49.4 Å². The SMILES string of the molecule is CCOC(=O)c1cc(C(=O)c2ccc(OC)cc2OC)n2cnc(-c3ccc(OC)c(OC)c3)cc12. The van der Waals surface area contributed by atoms with Crippen LogP contribution in [0, 0.1) is 0 Å². The van der Waals surface area contributed by atoms with Crippen LogP contribution in [-0.4, -0.2) is 56.2 Å². The van der Waals surface area contributed by atoms with E-state index in [9.17, 15) is 9.59 Å². The molecule has 2 heterocycles. The van der Waals surface area contributed by atoms with Crippen molar-refractivity contribution in [2.24, 2.45) is 0 Å². The normalized spacial score (nSPS) is 10.7. The molecule has 0 aliphatic heterocycles. The number of carbonyl (C=O) groups is 2. The van der Waals surface area contributed by atoms with Gasteiger partial charge in [-0.3, -0.25) is 9.20 Å². The fourth-order valence-electron chi connectivity index (χ4n) is 3.92. The number of carbonyl (C=O) groups excluding carboxylic acids is 2. The number of ketones is 1. The van der Waals surface area contributed by atoms with E-state index in [1.54, 1.807) is 61.9 Å². The zero-order valence-corrected chi connectivity index (χ0v) is 20.7. The molecule has 186 valence electrons. The average Bonchev–Trinajstić information content (AvgIpc) is 3.31. The van der Waals surface area contributed by atoms with Crippen LogP contribution in [0.1, 0.15) is 33.3 Å². The number of nitrogens with zero attached hydrogens (tertiary/aromatic N) is 2. The molecule has 0 amide bonds. The Balaban J connectivity index is 1.87. The number of fused-ring (bicyclic) bond motifs is 1. The van der Waals surface area contributed by atoms with E-state index in [0.29, 0.717) is 39.8 Å². The molecule has 0 saturated heterocycles. The van der Waals surface area contributed by atoms with Gasteiger partial charge in [-0.1, -0.05) is 0 Å². The standard InChI is InChI=1S/C27H26N2O7/c1-6-36-27(31)19-13-22(26(30)18-9-8-17(32-2)12-24(18)34-4)29-15-28-20(14-21(19)29)16-7-10-23(33-3)25(11-16)35-5/h7-15H,6H2,1-5H3. The maximum atomic E-state index is 13.6. The predicted molar refractivity (Wildman–Crippen MR) is 133 cm³/mol. The summed E-state index contributed by atoms with van der Waals surface area (Å²) in [5, 5.41) is 0. The van der Waals surface area contributed by atoms with E-state index in [2.05, 4.69) is 4.98 Å². The Kier molecular flexibility index (Phi) is 7.10. The summed E-state index contributed by atoms with van der Waals surface area (Å²) in [6.07, 6.45) is 1.51. The fourth-order valence-corrected chi connectivity index (χ4v) is 3.92. The fraction of sp³-hybridized carbons (Fsp3) is 0.222. The zero-order valence-electron chi connectivity index (χ0n) is 20.7. The maximum absolute atomic E-state index is 13.6. The summed E-state index contributed by atoms with van der Waals surface area (Å²) >= 11 is 0. The van der Waals surface area contributed by atoms with Gasteiger partial charge in [0.1, 0.15) is 17.8 Å². The van der Waals surface area contributed by atoms with Crippen molar-refractivity contribution in [3.63, 3.8) is 0 Å². The monoisotopic (exact) mass is 490 g/mol. The number of hydrogen-bond acceptors (Lipinski definition) is 8. The molecule has 0 aliphatic carbocycles. The van der Waals surface area contributed by atoms with Crippen LogP contribution >= 0.6 is 0 Å². The Morgan fingerprint density at radius 3 is 2.22 bits per heavy atom. The minimum absolute atomic E-state index is 0.194. The van der Waals surface area contributed by atoms with Gasteiger partial charge >= 0.3 is 5.97 Å². The number of benzene rings is 2. The summed E-state index contributed by atoms with van der Waals surface area (Å²) < 4.78 is 28.2. The van der Waals surface area contributed by atoms with Crippen molar-refractivity contribution in [1.82, 2.24) is 9.38 Å². The van der Waals surface area contributed by atoms with Crippen molar-refractivity contribution in [3.8, 4) is 34.3 Å². The first-order chi connectivity index (χ1) is 17.4. The topological polar surface area (TPSA) is 97.6 Å². The van der Waals surface area contributed by atoms with E-state index < -0.39 is 5.97 Å². The number of aromatic nitrogens is 2. The van der Waals surface area contributed by atoms with Crippen molar-refractivity contribution < 1.29 is 33.3 Å². The zero-order chi connectivity index (χ0) is 25.8. The lowest BCUT2D eigenvalue weighted by Crippen LogP contribution is -2.07. The van der Waals surface area contributed by atoms with E-state index in [1.165, 1.54) is 26.6 Å². The van der Waals surface area contributed by atoms with Crippen LogP contribution in [0.25, 0.3) is 16.8 Å². The third-order valence-corrected chi connectivity index (χ3v) is 5.72. The Morgan fingerprint density at radius 1 is 0.806 bits per heavy atom. The van der Waals surface area contributed by atoms with Gasteiger partial charge in [0.05, 0.1) is 63.1 Å². The lowest BCUT2D eigenvalue weighted by Gasteiger charge is -2.11. The molecule has 0 atom stereocenters. The molecule has 2 aromatic carbocycles. The van der Waals surface area contributed by atoms with Crippen LogP contribution in [0.15, 0.2) is 54.9 Å². The molecular weight excluding hydrogens is 464 g/mol. The molecule has 2 aromatic heterocycles. The molecule has 0 saturated carbocycles. The van der Waals surface area contributed by atoms with E-state index >= 15 is 0 Å². The Labute approximate surface area is 208 Å². The molecule has 0 bridgehead atoms. The summed E-state index contributed by atoms with van der Waals surface area (Å²) in [5.74, 6) is 1.14. The smallest absolute Gasteiger partial charge is 0.340 e. The largest absolute Gasteiger partial charge is 0.497 e. The molecule has 9 heteroatoms. The van der Waals surface area contributed by atoms with Crippen molar-refractivity contribution in [1.29, 1.82) is 0 Å². The first-order valence-corrected chi connectivity index (χ1v) is 11.1. The minimum Gasteiger partial charge on any atom is -0.497 e. The highest BCUT2D eigenvalue weighted by atomic mass is 16.5. The minimum atomic E-state index is -0.541. The Bertz CT molecular complexity index is 1440. The van der Waals surface area contributed by atoms with Crippen molar-refractivity contribution >= 4 is 17.3 Å². The van der Waals surface area contributed by atoms with Crippen LogP contribution in [0.5, 0.6) is 23.0 Å². The van der Waals surface area contributed by atoms with Gasteiger partial charge in [0.25, 0.3) is 0 Å². The second kappa shape index (κ2) is 10.4. The number of hydrogen-bond donors (Lipinski definition) is 0. The van der Waals surface area contributed by atoms with Gasteiger partial charge in [0.2, 0.25) is 5.78 Å². The van der Waals surface area contributed by atoms with Gasteiger partial charge in [-0.25, -0.2) is 9.78 Å². The summed E-state index contributed by atoms with van der Waals surface area (Å²) in [5.41, 5.74) is 2.60. The van der Waals surface area contributed by atoms with E-state index in [-0.39, 0.29) is 23.6 Å². The highest BCUT2D eigenvalue weighted by Crippen LogP contribution is 2.33. The van der Waals surface area contributed by atoms with E-state index in [4.69, 9.17) is 23.7 Å². The van der Waals surface area contributed by atoms with Gasteiger partial charge in [-0.2, -0.15) is 0 Å². The molecule has 36 heavy (non-hydrogen) atoms. The summed E-state index contributed by atoms with van der Waals surface area (Å²) in [4.78, 5) is 31.0. The molecule has 0 spiro atoms. The molecule has 0 aliphatic rings. The highest BCUT2D eigenvalue weighted by Gasteiger charge is 2.24. The molecule has 4 aromatic rings. The average molecular weight is 491 g/mol. The molecule has 0 fully saturated rings. The van der Waals surface area contributed by atoms with Crippen molar-refractivity contribution in [3.05, 3.63) is 71.7 Å². The predicted octanol–water partition coefficient (Wildman–Crippen LogP) is 4.44. The number of rotatable bonds is 9. The molecule has 0 N–H and O–H groups in total. The van der Waals surface area contributed by atoms with Crippen molar-refractivity contribution in [2.75, 3.05) is 35.0 Å². The van der Waals surface area contributed by atoms with Crippen LogP contribution in [0.2, 0.25) is 0 Å². The molecule has 4 rings (SSSR count). The molecule has 0 radical (unpaired) electrons. The third-order valence-electron chi connectivity index (χ3n) is 5.72. The first-order valence-electron chi connectivity index (χ1n) is 11.1. The molecular formula is C27H26N2O7. The van der Waals surface area contributed by atoms with Crippen LogP contribution in [-0.2, 0) is 4.74 Å². The number of methoxy groups -OCH3 is 4. The number of ether oxygens (including phenoxy) is 5. The quantitative estimate of drug-likeness (QED) is 0.251. The summed E-state index contributed by atoms with van der Waals surface area (Å²) in [6.45, 7) is 1.92. The van der Waals surface area contributed by atoms with E-state index in [0.717, 1.165) is 5.56 Å². The highest BCUT2D eigenvalue weighted by molar-refractivity contribution is 6.12. The third kappa shape index (κ3) is 4.43. The lowest BCUT2D eigenvalue weighted by molar-refractivity contribution is 0.0529. The summed E-state index contributed by atoms with van der Waals surface area (Å²) in [6, 6.07) is 13.6. The lowest BCUT2D eigenvalue weighted by atomic mass is 10.1.